The summed E-state index contributed by atoms with van der Waals surface area (Å²) in [6.07, 6.45) is 4.01. The fraction of sp³-hybridized carbons (Fsp3) is 1.00. The fourth-order valence-electron chi connectivity index (χ4n) is 2.37. The van der Waals surface area contributed by atoms with Crippen molar-refractivity contribution in [1.29, 1.82) is 0 Å². The van der Waals surface area contributed by atoms with Crippen molar-refractivity contribution >= 4 is 11.8 Å². The summed E-state index contributed by atoms with van der Waals surface area (Å²) in [5.41, 5.74) is 0. The molecule has 1 rings (SSSR count). The first-order valence-corrected chi connectivity index (χ1v) is 7.23. The molecule has 1 aliphatic rings. The highest BCUT2D eigenvalue weighted by Crippen LogP contribution is 2.40. The highest BCUT2D eigenvalue weighted by atomic mass is 32.2. The summed E-state index contributed by atoms with van der Waals surface area (Å²) in [5, 5.41) is 4.54. The van der Waals surface area contributed by atoms with Crippen LogP contribution in [0.25, 0.3) is 0 Å². The third kappa shape index (κ3) is 4.36. The monoisotopic (exact) mass is 229 g/mol. The molecule has 90 valence electrons. The van der Waals surface area contributed by atoms with E-state index in [4.69, 9.17) is 0 Å². The summed E-state index contributed by atoms with van der Waals surface area (Å²) < 4.78 is 0.415. The van der Waals surface area contributed by atoms with Gasteiger partial charge in [-0.05, 0) is 31.7 Å². The highest BCUT2D eigenvalue weighted by molar-refractivity contribution is 8.01. The first kappa shape index (κ1) is 13.4. The van der Waals surface area contributed by atoms with E-state index in [0.29, 0.717) is 4.75 Å². The Bertz CT molecular complexity index is 185. The van der Waals surface area contributed by atoms with Crippen molar-refractivity contribution in [1.82, 2.24) is 5.32 Å². The van der Waals surface area contributed by atoms with Crippen LogP contribution >= 0.6 is 11.8 Å². The van der Waals surface area contributed by atoms with Gasteiger partial charge in [0.25, 0.3) is 0 Å². The van der Waals surface area contributed by atoms with Gasteiger partial charge in [-0.1, -0.05) is 34.6 Å². The Labute approximate surface area is 99.8 Å². The third-order valence-electron chi connectivity index (χ3n) is 3.14. The number of nitrogens with one attached hydrogen (secondary N) is 1. The Hall–Kier alpha value is 0.310. The van der Waals surface area contributed by atoms with E-state index in [1.54, 1.807) is 0 Å². The molecule has 0 amide bonds. The number of hydrogen-bond donors (Lipinski definition) is 1. The Balaban J connectivity index is 2.38. The zero-order valence-electron chi connectivity index (χ0n) is 11.0. The molecular weight excluding hydrogens is 202 g/mol. The zero-order chi connectivity index (χ0) is 11.5. The Morgan fingerprint density at radius 1 is 1.27 bits per heavy atom. The number of rotatable bonds is 4. The van der Waals surface area contributed by atoms with Gasteiger partial charge in [-0.25, -0.2) is 0 Å². The number of hydrogen-bond acceptors (Lipinski definition) is 2. The lowest BCUT2D eigenvalue weighted by Crippen LogP contribution is -2.34. The lowest BCUT2D eigenvalue weighted by Gasteiger charge is -2.27. The van der Waals surface area contributed by atoms with Crippen LogP contribution in [0.3, 0.4) is 0 Å². The van der Waals surface area contributed by atoms with Gasteiger partial charge in [0.05, 0.1) is 0 Å². The molecule has 3 atom stereocenters. The average molecular weight is 229 g/mol. The minimum Gasteiger partial charge on any atom is -0.314 e. The lowest BCUT2D eigenvalue weighted by atomic mass is 10.1. The van der Waals surface area contributed by atoms with E-state index in [1.165, 1.54) is 25.8 Å². The SMILES string of the molecule is CCCNC1CCC(SC(C)(C)C)C1C. The van der Waals surface area contributed by atoms with Crippen LogP contribution in [0.15, 0.2) is 0 Å². The van der Waals surface area contributed by atoms with Crippen LogP contribution in [0.2, 0.25) is 0 Å². The second-order valence-corrected chi connectivity index (χ2v) is 7.83. The van der Waals surface area contributed by atoms with E-state index in [9.17, 15) is 0 Å². The molecule has 0 aliphatic heterocycles. The molecule has 0 saturated heterocycles. The molecule has 0 aromatic rings. The van der Waals surface area contributed by atoms with Gasteiger partial charge in [-0.15, -0.1) is 0 Å². The molecule has 15 heavy (non-hydrogen) atoms. The van der Waals surface area contributed by atoms with Crippen molar-refractivity contribution < 1.29 is 0 Å². The van der Waals surface area contributed by atoms with E-state index in [2.05, 4.69) is 51.7 Å². The van der Waals surface area contributed by atoms with Crippen LogP contribution in [-0.4, -0.2) is 22.6 Å². The Morgan fingerprint density at radius 3 is 2.47 bits per heavy atom. The quantitative estimate of drug-likeness (QED) is 0.789. The summed E-state index contributed by atoms with van der Waals surface area (Å²) >= 11 is 2.17. The van der Waals surface area contributed by atoms with E-state index >= 15 is 0 Å². The molecule has 0 aromatic carbocycles. The summed E-state index contributed by atoms with van der Waals surface area (Å²) in [7, 11) is 0. The molecule has 1 aliphatic carbocycles. The topological polar surface area (TPSA) is 12.0 Å². The Morgan fingerprint density at radius 2 is 1.93 bits per heavy atom. The molecule has 1 N–H and O–H groups in total. The second kappa shape index (κ2) is 5.58. The predicted octanol–water partition coefficient (Wildman–Crippen LogP) is 3.68. The van der Waals surface area contributed by atoms with Gasteiger partial charge in [0.2, 0.25) is 0 Å². The molecule has 0 heterocycles. The molecule has 0 aromatic heterocycles. The van der Waals surface area contributed by atoms with Crippen molar-refractivity contribution in [2.24, 2.45) is 5.92 Å². The smallest absolute Gasteiger partial charge is 0.0104 e. The standard InChI is InChI=1S/C13H27NS/c1-6-9-14-11-7-8-12(10(11)2)15-13(3,4)5/h10-12,14H,6-9H2,1-5H3. The second-order valence-electron chi connectivity index (χ2n) is 5.77. The van der Waals surface area contributed by atoms with Crippen molar-refractivity contribution in [2.75, 3.05) is 6.54 Å². The molecule has 1 fully saturated rings. The summed E-state index contributed by atoms with van der Waals surface area (Å²) in [6, 6.07) is 0.768. The van der Waals surface area contributed by atoms with Gasteiger partial charge in [-0.2, -0.15) is 11.8 Å². The van der Waals surface area contributed by atoms with Crippen LogP contribution < -0.4 is 5.32 Å². The minimum atomic E-state index is 0.415. The average Bonchev–Trinajstić information content (AvgIpc) is 2.43. The molecule has 1 saturated carbocycles. The van der Waals surface area contributed by atoms with E-state index in [1.807, 2.05) is 0 Å². The molecule has 0 radical (unpaired) electrons. The summed E-state index contributed by atoms with van der Waals surface area (Å²) in [6.45, 7) is 12.8. The molecule has 3 unspecified atom stereocenters. The van der Waals surface area contributed by atoms with Gasteiger partial charge in [-0.3, -0.25) is 0 Å². The first-order valence-electron chi connectivity index (χ1n) is 6.35. The minimum absolute atomic E-state index is 0.415. The maximum Gasteiger partial charge on any atom is 0.0104 e. The maximum atomic E-state index is 3.68. The van der Waals surface area contributed by atoms with Crippen LogP contribution in [0.4, 0.5) is 0 Å². The van der Waals surface area contributed by atoms with Gasteiger partial charge in [0.1, 0.15) is 0 Å². The van der Waals surface area contributed by atoms with Crippen LogP contribution in [0, 0.1) is 5.92 Å². The van der Waals surface area contributed by atoms with Gasteiger partial charge in [0, 0.05) is 16.0 Å². The lowest BCUT2D eigenvalue weighted by molar-refractivity contribution is 0.431. The molecule has 1 nitrogen and oxygen atoms in total. The van der Waals surface area contributed by atoms with Crippen molar-refractivity contribution in [3.05, 3.63) is 0 Å². The van der Waals surface area contributed by atoms with Crippen LogP contribution in [-0.2, 0) is 0 Å². The Kier molecular flexibility index (Phi) is 4.98. The van der Waals surface area contributed by atoms with E-state index in [0.717, 1.165) is 17.2 Å². The van der Waals surface area contributed by atoms with Crippen molar-refractivity contribution in [3.63, 3.8) is 0 Å². The molecule has 0 spiro atoms. The maximum absolute atomic E-state index is 3.68. The predicted molar refractivity (Wildman–Crippen MR) is 71.6 cm³/mol. The van der Waals surface area contributed by atoms with Gasteiger partial charge >= 0.3 is 0 Å². The molecular formula is C13H27NS. The largest absolute Gasteiger partial charge is 0.314 e. The summed E-state index contributed by atoms with van der Waals surface area (Å²) in [5.74, 6) is 0.834. The first-order chi connectivity index (χ1) is 6.94. The molecule has 2 heteroatoms. The molecule has 0 bridgehead atoms. The van der Waals surface area contributed by atoms with Crippen molar-refractivity contribution in [2.45, 2.75) is 69.9 Å². The van der Waals surface area contributed by atoms with Gasteiger partial charge < -0.3 is 5.32 Å². The summed E-state index contributed by atoms with van der Waals surface area (Å²) in [4.78, 5) is 0. The van der Waals surface area contributed by atoms with Crippen molar-refractivity contribution in [3.8, 4) is 0 Å². The van der Waals surface area contributed by atoms with Gasteiger partial charge in [0.15, 0.2) is 0 Å². The number of thioether (sulfide) groups is 1. The fourth-order valence-corrected chi connectivity index (χ4v) is 3.93. The third-order valence-corrected chi connectivity index (χ3v) is 4.82. The van der Waals surface area contributed by atoms with E-state index in [-0.39, 0.29) is 0 Å². The normalized spacial score (nSPS) is 32.2. The van der Waals surface area contributed by atoms with E-state index < -0.39 is 0 Å². The highest BCUT2D eigenvalue weighted by Gasteiger charge is 2.34. The zero-order valence-corrected chi connectivity index (χ0v) is 11.8. The van der Waals surface area contributed by atoms with Crippen LogP contribution in [0.1, 0.15) is 53.9 Å². The van der Waals surface area contributed by atoms with Crippen LogP contribution in [0.5, 0.6) is 0 Å².